The van der Waals surface area contributed by atoms with Crippen LogP contribution in [0.5, 0.6) is 0 Å². The van der Waals surface area contributed by atoms with Crippen molar-refractivity contribution in [3.05, 3.63) is 29.8 Å². The molecule has 8 heteroatoms. The number of nitrogens with one attached hydrogen (secondary N) is 1. The van der Waals surface area contributed by atoms with Crippen LogP contribution in [0.25, 0.3) is 0 Å². The molecule has 1 N–H and O–H groups in total. The van der Waals surface area contributed by atoms with Gasteiger partial charge in [-0.1, -0.05) is 0 Å². The van der Waals surface area contributed by atoms with E-state index < -0.39 is 16.0 Å². The van der Waals surface area contributed by atoms with Crippen LogP contribution in [0.15, 0.2) is 29.2 Å². The fourth-order valence-electron chi connectivity index (χ4n) is 2.15. The molecule has 118 valence electrons. The van der Waals surface area contributed by atoms with E-state index >= 15 is 0 Å². The van der Waals surface area contributed by atoms with Crippen molar-refractivity contribution in [3.63, 3.8) is 0 Å². The lowest BCUT2D eigenvalue weighted by Crippen LogP contribution is -2.51. The quantitative estimate of drug-likeness (QED) is 0.830. The number of rotatable bonds is 3. The first-order valence-corrected chi connectivity index (χ1v) is 7.81. The highest BCUT2D eigenvalue weighted by molar-refractivity contribution is 7.89. The van der Waals surface area contributed by atoms with Gasteiger partial charge < -0.3 is 10.1 Å². The third kappa shape index (κ3) is 3.94. The zero-order chi connectivity index (χ0) is 14.8. The highest BCUT2D eigenvalue weighted by Crippen LogP contribution is 2.18. The van der Waals surface area contributed by atoms with Crippen molar-refractivity contribution in [2.75, 3.05) is 26.7 Å². The molecule has 2 rings (SSSR count). The van der Waals surface area contributed by atoms with Crippen molar-refractivity contribution in [3.8, 4) is 0 Å². The molecule has 1 heterocycles. The Morgan fingerprint density at radius 3 is 2.48 bits per heavy atom. The van der Waals surface area contributed by atoms with Gasteiger partial charge in [-0.2, -0.15) is 4.31 Å². The standard InChI is InChI=1S/C13H18N2O4S.ClH/c1-10-9-15(8-7-14-10)20(17,18)12-5-3-11(4-6-12)13(16)19-2;/h3-6,10,14H,7-9H2,1-2H3;1H. The van der Waals surface area contributed by atoms with E-state index in [0.29, 0.717) is 25.2 Å². The van der Waals surface area contributed by atoms with Crippen molar-refractivity contribution in [2.24, 2.45) is 0 Å². The summed E-state index contributed by atoms with van der Waals surface area (Å²) < 4.78 is 31.0. The summed E-state index contributed by atoms with van der Waals surface area (Å²) in [5.74, 6) is -0.482. The van der Waals surface area contributed by atoms with Crippen LogP contribution in [-0.2, 0) is 14.8 Å². The molecule has 0 spiro atoms. The lowest BCUT2D eigenvalue weighted by atomic mass is 10.2. The molecule has 0 saturated carbocycles. The minimum atomic E-state index is -3.50. The highest BCUT2D eigenvalue weighted by atomic mass is 35.5. The number of ether oxygens (including phenoxy) is 1. The molecule has 0 aliphatic carbocycles. The number of methoxy groups -OCH3 is 1. The molecule has 1 aromatic carbocycles. The maximum absolute atomic E-state index is 12.5. The first-order chi connectivity index (χ1) is 9.45. The molecule has 0 bridgehead atoms. The molecular formula is C13H19ClN2O4S. The summed E-state index contributed by atoms with van der Waals surface area (Å²) in [5.41, 5.74) is 0.333. The predicted octanol–water partition coefficient (Wildman–Crippen LogP) is 0.877. The molecule has 1 unspecified atom stereocenters. The maximum Gasteiger partial charge on any atom is 0.337 e. The topological polar surface area (TPSA) is 75.7 Å². The minimum Gasteiger partial charge on any atom is -0.465 e. The van der Waals surface area contributed by atoms with E-state index in [0.717, 1.165) is 0 Å². The minimum absolute atomic E-state index is 0. The molecule has 0 radical (unpaired) electrons. The van der Waals surface area contributed by atoms with Crippen molar-refractivity contribution < 1.29 is 17.9 Å². The second-order valence-electron chi connectivity index (χ2n) is 4.73. The normalized spacial score (nSPS) is 19.6. The number of piperazine rings is 1. The summed E-state index contributed by atoms with van der Waals surface area (Å²) in [6, 6.07) is 5.94. The second-order valence-corrected chi connectivity index (χ2v) is 6.67. The summed E-state index contributed by atoms with van der Waals surface area (Å²) >= 11 is 0. The maximum atomic E-state index is 12.5. The first-order valence-electron chi connectivity index (χ1n) is 6.37. The molecule has 0 amide bonds. The summed E-state index contributed by atoms with van der Waals surface area (Å²) in [6.45, 7) is 3.48. The summed E-state index contributed by atoms with van der Waals surface area (Å²) in [4.78, 5) is 11.5. The van der Waals surface area contributed by atoms with Crippen LogP contribution in [0, 0.1) is 0 Å². The first kappa shape index (κ1) is 17.9. The average Bonchev–Trinajstić information content (AvgIpc) is 2.46. The number of benzene rings is 1. The number of sulfonamides is 1. The van der Waals surface area contributed by atoms with E-state index in [2.05, 4.69) is 10.1 Å². The number of halogens is 1. The second kappa shape index (κ2) is 7.22. The largest absolute Gasteiger partial charge is 0.465 e. The Hall–Kier alpha value is -1.15. The summed E-state index contributed by atoms with van der Waals surface area (Å²) in [5, 5.41) is 3.20. The van der Waals surface area contributed by atoms with E-state index in [4.69, 9.17) is 0 Å². The lowest BCUT2D eigenvalue weighted by molar-refractivity contribution is 0.0600. The Kier molecular flexibility index (Phi) is 6.15. The molecule has 21 heavy (non-hydrogen) atoms. The third-order valence-electron chi connectivity index (χ3n) is 3.24. The molecule has 6 nitrogen and oxygen atoms in total. The molecule has 1 atom stereocenters. The SMILES string of the molecule is COC(=O)c1ccc(S(=O)(=O)N2CCNC(C)C2)cc1.Cl. The zero-order valence-electron chi connectivity index (χ0n) is 11.9. The van der Waals surface area contributed by atoms with Gasteiger partial charge in [0.2, 0.25) is 10.0 Å². The number of hydrogen-bond acceptors (Lipinski definition) is 5. The Morgan fingerprint density at radius 1 is 1.33 bits per heavy atom. The van der Waals surface area contributed by atoms with Crippen LogP contribution in [-0.4, -0.2) is 51.5 Å². The number of carbonyl (C=O) groups is 1. The Balaban J connectivity index is 0.00000220. The Bertz CT molecular complexity index is 589. The van der Waals surface area contributed by atoms with Crippen molar-refractivity contribution >= 4 is 28.4 Å². The van der Waals surface area contributed by atoms with Gasteiger partial charge in [0.1, 0.15) is 0 Å². The molecule has 1 saturated heterocycles. The Morgan fingerprint density at radius 2 is 1.95 bits per heavy atom. The molecule has 1 aliphatic heterocycles. The number of carbonyl (C=O) groups excluding carboxylic acids is 1. The van der Waals surface area contributed by atoms with Gasteiger partial charge in [0, 0.05) is 25.7 Å². The smallest absolute Gasteiger partial charge is 0.337 e. The highest BCUT2D eigenvalue weighted by Gasteiger charge is 2.28. The van der Waals surface area contributed by atoms with Gasteiger partial charge in [0.25, 0.3) is 0 Å². The van der Waals surface area contributed by atoms with Gasteiger partial charge in [-0.05, 0) is 31.2 Å². The van der Waals surface area contributed by atoms with E-state index in [-0.39, 0.29) is 23.3 Å². The van der Waals surface area contributed by atoms with Crippen LogP contribution in [0.1, 0.15) is 17.3 Å². The van der Waals surface area contributed by atoms with Gasteiger partial charge in [0.15, 0.2) is 0 Å². The van der Waals surface area contributed by atoms with Gasteiger partial charge in [-0.15, -0.1) is 12.4 Å². The van der Waals surface area contributed by atoms with Crippen LogP contribution >= 0.6 is 12.4 Å². The zero-order valence-corrected chi connectivity index (χ0v) is 13.5. The molecule has 1 fully saturated rings. The van der Waals surface area contributed by atoms with Crippen LogP contribution in [0.4, 0.5) is 0 Å². The van der Waals surface area contributed by atoms with Crippen molar-refractivity contribution in [1.82, 2.24) is 9.62 Å². The monoisotopic (exact) mass is 334 g/mol. The molecular weight excluding hydrogens is 316 g/mol. The van der Waals surface area contributed by atoms with Crippen LogP contribution in [0.2, 0.25) is 0 Å². The lowest BCUT2D eigenvalue weighted by Gasteiger charge is -2.31. The fourth-order valence-corrected chi connectivity index (χ4v) is 3.67. The van der Waals surface area contributed by atoms with E-state index in [1.165, 1.54) is 35.7 Å². The van der Waals surface area contributed by atoms with Gasteiger partial charge in [-0.25, -0.2) is 13.2 Å². The van der Waals surface area contributed by atoms with Crippen molar-refractivity contribution in [2.45, 2.75) is 17.9 Å². The van der Waals surface area contributed by atoms with E-state index in [1.807, 2.05) is 6.92 Å². The van der Waals surface area contributed by atoms with Gasteiger partial charge in [0.05, 0.1) is 17.6 Å². The summed E-state index contributed by atoms with van der Waals surface area (Å²) in [6.07, 6.45) is 0. The molecule has 1 aromatic rings. The number of nitrogens with zero attached hydrogens (tertiary/aromatic N) is 1. The average molecular weight is 335 g/mol. The van der Waals surface area contributed by atoms with Gasteiger partial charge >= 0.3 is 5.97 Å². The van der Waals surface area contributed by atoms with Crippen LogP contribution < -0.4 is 5.32 Å². The number of hydrogen-bond donors (Lipinski definition) is 1. The van der Waals surface area contributed by atoms with Crippen LogP contribution in [0.3, 0.4) is 0 Å². The molecule has 1 aliphatic rings. The number of esters is 1. The van der Waals surface area contributed by atoms with E-state index in [9.17, 15) is 13.2 Å². The fraction of sp³-hybridized carbons (Fsp3) is 0.462. The Labute approximate surface area is 130 Å². The molecule has 0 aromatic heterocycles. The third-order valence-corrected chi connectivity index (χ3v) is 5.12. The predicted molar refractivity (Wildman–Crippen MR) is 81.3 cm³/mol. The van der Waals surface area contributed by atoms with Crippen molar-refractivity contribution in [1.29, 1.82) is 0 Å². The van der Waals surface area contributed by atoms with E-state index in [1.54, 1.807) is 0 Å². The van der Waals surface area contributed by atoms with Gasteiger partial charge in [-0.3, -0.25) is 0 Å². The summed E-state index contributed by atoms with van der Waals surface area (Å²) in [7, 11) is -2.22.